The second-order valence-corrected chi connectivity index (χ2v) is 5.21. The summed E-state index contributed by atoms with van der Waals surface area (Å²) in [6, 6.07) is 2.39. The Morgan fingerprint density at radius 1 is 1.53 bits per heavy atom. The summed E-state index contributed by atoms with van der Waals surface area (Å²) >= 11 is 0. The molecular weight excluding hydrogens is 212 g/mol. The van der Waals surface area contributed by atoms with Crippen molar-refractivity contribution < 1.29 is 0 Å². The molecule has 17 heavy (non-hydrogen) atoms. The SMILES string of the molecule is CC1CCN(CCNC(C)c2ccn[nH]2)CC1. The van der Waals surface area contributed by atoms with Crippen LogP contribution in [0.3, 0.4) is 0 Å². The highest BCUT2D eigenvalue weighted by molar-refractivity contribution is 5.02. The highest BCUT2D eigenvalue weighted by Gasteiger charge is 2.15. The third-order valence-corrected chi connectivity index (χ3v) is 3.74. The molecular formula is C13H24N4. The number of aromatic nitrogens is 2. The predicted molar refractivity (Wildman–Crippen MR) is 69.8 cm³/mol. The lowest BCUT2D eigenvalue weighted by Gasteiger charge is -2.30. The highest BCUT2D eigenvalue weighted by atomic mass is 15.2. The first-order valence-corrected chi connectivity index (χ1v) is 6.70. The van der Waals surface area contributed by atoms with E-state index in [1.807, 2.05) is 6.07 Å². The number of hydrogen-bond acceptors (Lipinski definition) is 3. The van der Waals surface area contributed by atoms with Gasteiger partial charge in [-0.25, -0.2) is 0 Å². The van der Waals surface area contributed by atoms with Crippen LogP contribution in [0.25, 0.3) is 0 Å². The van der Waals surface area contributed by atoms with E-state index in [2.05, 4.69) is 34.3 Å². The zero-order valence-electron chi connectivity index (χ0n) is 10.9. The summed E-state index contributed by atoms with van der Waals surface area (Å²) in [4.78, 5) is 2.56. The Balaban J connectivity index is 1.63. The molecule has 96 valence electrons. The van der Waals surface area contributed by atoms with Gasteiger partial charge in [-0.1, -0.05) is 6.92 Å². The predicted octanol–water partition coefficient (Wildman–Crippen LogP) is 1.79. The van der Waals surface area contributed by atoms with Gasteiger partial charge < -0.3 is 10.2 Å². The summed E-state index contributed by atoms with van der Waals surface area (Å²) in [6.07, 6.45) is 4.52. The van der Waals surface area contributed by atoms with Gasteiger partial charge in [0.1, 0.15) is 0 Å². The summed E-state index contributed by atoms with van der Waals surface area (Å²) in [5, 5.41) is 10.5. The summed E-state index contributed by atoms with van der Waals surface area (Å²) < 4.78 is 0. The number of nitrogens with one attached hydrogen (secondary N) is 2. The quantitative estimate of drug-likeness (QED) is 0.819. The average Bonchev–Trinajstić information content (AvgIpc) is 2.85. The van der Waals surface area contributed by atoms with E-state index in [0.717, 1.165) is 24.7 Å². The van der Waals surface area contributed by atoms with Crippen LogP contribution in [-0.4, -0.2) is 41.3 Å². The molecule has 4 nitrogen and oxygen atoms in total. The highest BCUT2D eigenvalue weighted by Crippen LogP contribution is 2.15. The Morgan fingerprint density at radius 3 is 2.94 bits per heavy atom. The van der Waals surface area contributed by atoms with E-state index < -0.39 is 0 Å². The molecule has 2 rings (SSSR count). The minimum Gasteiger partial charge on any atom is -0.308 e. The normalized spacial score (nSPS) is 20.6. The Labute approximate surface area is 104 Å². The van der Waals surface area contributed by atoms with Crippen LogP contribution >= 0.6 is 0 Å². The van der Waals surface area contributed by atoms with Crippen molar-refractivity contribution in [2.45, 2.75) is 32.7 Å². The summed E-state index contributed by atoms with van der Waals surface area (Å²) in [5.41, 5.74) is 1.16. The molecule has 1 aromatic rings. The summed E-state index contributed by atoms with van der Waals surface area (Å²) in [6.45, 7) is 9.27. The molecule has 0 bridgehead atoms. The molecule has 1 aromatic heterocycles. The standard InChI is InChI=1S/C13H24N4/c1-11-4-8-17(9-5-11)10-7-14-12(2)13-3-6-15-16-13/h3,6,11-12,14H,4-5,7-10H2,1-2H3,(H,15,16). The van der Waals surface area contributed by atoms with Crippen LogP contribution in [0.15, 0.2) is 12.3 Å². The van der Waals surface area contributed by atoms with Crippen molar-refractivity contribution in [3.05, 3.63) is 18.0 Å². The molecule has 4 heteroatoms. The summed E-state index contributed by atoms with van der Waals surface area (Å²) in [5.74, 6) is 0.920. The molecule has 2 heterocycles. The van der Waals surface area contributed by atoms with Crippen molar-refractivity contribution in [3.63, 3.8) is 0 Å². The third-order valence-electron chi connectivity index (χ3n) is 3.74. The number of H-pyrrole nitrogens is 1. The van der Waals surface area contributed by atoms with Gasteiger partial charge >= 0.3 is 0 Å². The van der Waals surface area contributed by atoms with Gasteiger partial charge in [-0.3, -0.25) is 5.10 Å². The van der Waals surface area contributed by atoms with Crippen LogP contribution < -0.4 is 5.32 Å². The van der Waals surface area contributed by atoms with Crippen LogP contribution in [0.5, 0.6) is 0 Å². The maximum absolute atomic E-state index is 3.97. The first-order valence-electron chi connectivity index (χ1n) is 6.70. The Hall–Kier alpha value is -0.870. The van der Waals surface area contributed by atoms with E-state index in [0.29, 0.717) is 6.04 Å². The number of aromatic amines is 1. The molecule has 0 aliphatic carbocycles. The fourth-order valence-corrected chi connectivity index (χ4v) is 2.34. The van der Waals surface area contributed by atoms with Gasteiger partial charge in [0.2, 0.25) is 0 Å². The first kappa shape index (κ1) is 12.6. The lowest BCUT2D eigenvalue weighted by Crippen LogP contribution is -2.38. The molecule has 1 unspecified atom stereocenters. The first-order chi connectivity index (χ1) is 8.25. The minimum absolute atomic E-state index is 0.362. The van der Waals surface area contributed by atoms with E-state index in [-0.39, 0.29) is 0 Å². The largest absolute Gasteiger partial charge is 0.308 e. The molecule has 0 amide bonds. The Bertz CT molecular complexity index is 301. The van der Waals surface area contributed by atoms with Crippen molar-refractivity contribution in [3.8, 4) is 0 Å². The third kappa shape index (κ3) is 3.82. The fraction of sp³-hybridized carbons (Fsp3) is 0.769. The number of likely N-dealkylation sites (tertiary alicyclic amines) is 1. The Morgan fingerprint density at radius 2 is 2.29 bits per heavy atom. The zero-order valence-corrected chi connectivity index (χ0v) is 10.9. The molecule has 0 aromatic carbocycles. The number of nitrogens with zero attached hydrogens (tertiary/aromatic N) is 2. The molecule has 1 fully saturated rings. The van der Waals surface area contributed by atoms with Gasteiger partial charge in [-0.05, 0) is 44.8 Å². The molecule has 0 saturated carbocycles. The molecule has 0 spiro atoms. The molecule has 1 aliphatic rings. The fourth-order valence-electron chi connectivity index (χ4n) is 2.34. The lowest BCUT2D eigenvalue weighted by molar-refractivity contribution is 0.191. The van der Waals surface area contributed by atoms with Crippen LogP contribution in [0, 0.1) is 5.92 Å². The van der Waals surface area contributed by atoms with Crippen molar-refractivity contribution in [1.29, 1.82) is 0 Å². The van der Waals surface area contributed by atoms with Gasteiger partial charge in [-0.2, -0.15) is 5.10 Å². The summed E-state index contributed by atoms with van der Waals surface area (Å²) in [7, 11) is 0. The topological polar surface area (TPSA) is 44.0 Å². The zero-order chi connectivity index (χ0) is 12.1. The maximum Gasteiger partial charge on any atom is 0.0518 e. The van der Waals surface area contributed by atoms with E-state index >= 15 is 0 Å². The van der Waals surface area contributed by atoms with Gasteiger partial charge in [-0.15, -0.1) is 0 Å². The molecule has 1 saturated heterocycles. The molecule has 2 N–H and O–H groups in total. The van der Waals surface area contributed by atoms with Gasteiger partial charge in [0.25, 0.3) is 0 Å². The minimum atomic E-state index is 0.362. The van der Waals surface area contributed by atoms with Crippen LogP contribution in [-0.2, 0) is 0 Å². The van der Waals surface area contributed by atoms with Gasteiger partial charge in [0, 0.05) is 25.3 Å². The van der Waals surface area contributed by atoms with E-state index in [4.69, 9.17) is 0 Å². The van der Waals surface area contributed by atoms with Crippen molar-refractivity contribution in [2.24, 2.45) is 5.92 Å². The molecule has 0 radical (unpaired) electrons. The number of hydrogen-bond donors (Lipinski definition) is 2. The van der Waals surface area contributed by atoms with E-state index in [1.165, 1.54) is 25.9 Å². The monoisotopic (exact) mass is 236 g/mol. The van der Waals surface area contributed by atoms with Crippen molar-refractivity contribution in [1.82, 2.24) is 20.4 Å². The van der Waals surface area contributed by atoms with Crippen molar-refractivity contribution in [2.75, 3.05) is 26.2 Å². The van der Waals surface area contributed by atoms with Crippen LogP contribution in [0.1, 0.15) is 38.4 Å². The van der Waals surface area contributed by atoms with Gasteiger partial charge in [0.05, 0.1) is 5.69 Å². The smallest absolute Gasteiger partial charge is 0.0518 e. The molecule has 1 atom stereocenters. The van der Waals surface area contributed by atoms with E-state index in [9.17, 15) is 0 Å². The molecule has 1 aliphatic heterocycles. The van der Waals surface area contributed by atoms with Crippen molar-refractivity contribution >= 4 is 0 Å². The average molecular weight is 236 g/mol. The number of rotatable bonds is 5. The van der Waals surface area contributed by atoms with E-state index in [1.54, 1.807) is 6.20 Å². The van der Waals surface area contributed by atoms with Crippen LogP contribution in [0.4, 0.5) is 0 Å². The second-order valence-electron chi connectivity index (χ2n) is 5.21. The Kier molecular flexibility index (Phi) is 4.57. The number of piperidine rings is 1. The lowest BCUT2D eigenvalue weighted by atomic mass is 9.99. The van der Waals surface area contributed by atoms with Gasteiger partial charge in [0.15, 0.2) is 0 Å². The second kappa shape index (κ2) is 6.17. The maximum atomic E-state index is 3.97. The van der Waals surface area contributed by atoms with Crippen LogP contribution in [0.2, 0.25) is 0 Å².